The zero-order valence-corrected chi connectivity index (χ0v) is 14.1. The Morgan fingerprint density at radius 1 is 1.09 bits per heavy atom. The second kappa shape index (κ2) is 7.58. The topological polar surface area (TPSA) is 15.7 Å². The van der Waals surface area contributed by atoms with Crippen molar-refractivity contribution in [3.05, 3.63) is 35.9 Å². The fourth-order valence-electron chi connectivity index (χ4n) is 4.11. The fraction of sp³-hybridized carbons (Fsp3) is 0.684. The van der Waals surface area contributed by atoms with E-state index in [0.29, 0.717) is 18.2 Å². The van der Waals surface area contributed by atoms with Crippen molar-refractivity contribution in [3.8, 4) is 0 Å². The molecular formula is C19H30N2O. The van der Waals surface area contributed by atoms with Crippen molar-refractivity contribution in [2.75, 3.05) is 26.7 Å². The lowest BCUT2D eigenvalue weighted by molar-refractivity contribution is -0.0242. The summed E-state index contributed by atoms with van der Waals surface area (Å²) >= 11 is 0. The molecule has 0 radical (unpaired) electrons. The number of fused-ring (bicyclic) bond motifs is 4. The molecule has 0 unspecified atom stereocenters. The van der Waals surface area contributed by atoms with E-state index in [-0.39, 0.29) is 0 Å². The van der Waals surface area contributed by atoms with Crippen LogP contribution in [-0.4, -0.2) is 54.7 Å². The van der Waals surface area contributed by atoms with Gasteiger partial charge in [-0.1, -0.05) is 43.7 Å². The van der Waals surface area contributed by atoms with Crippen LogP contribution in [0.5, 0.6) is 0 Å². The molecule has 0 aromatic heterocycles. The summed E-state index contributed by atoms with van der Waals surface area (Å²) in [4.78, 5) is 5.40. The van der Waals surface area contributed by atoms with Crippen LogP contribution in [0.1, 0.15) is 38.2 Å². The molecule has 1 aromatic rings. The Labute approximate surface area is 135 Å². The second-order valence-electron chi connectivity index (χ2n) is 6.84. The molecule has 3 atom stereocenters. The average Bonchev–Trinajstić information content (AvgIpc) is 2.83. The van der Waals surface area contributed by atoms with Gasteiger partial charge in [-0.25, -0.2) is 0 Å². The van der Waals surface area contributed by atoms with Gasteiger partial charge < -0.3 is 4.74 Å². The standard InChI is InChI=1S/C19H30N2O/c1-3-4-12-20-14-17-10-11-19(22-2)18(20)15-21(17)13-16-8-6-5-7-9-16/h5-9,17-19H,3-4,10-15H2,1-2H3/t17-,18+,19+/m0/s1. The minimum Gasteiger partial charge on any atom is -0.380 e. The lowest BCUT2D eigenvalue weighted by Crippen LogP contribution is -2.58. The summed E-state index contributed by atoms with van der Waals surface area (Å²) in [6, 6.07) is 12.2. The van der Waals surface area contributed by atoms with Crippen LogP contribution in [0.4, 0.5) is 0 Å². The molecule has 0 aliphatic carbocycles. The van der Waals surface area contributed by atoms with E-state index in [4.69, 9.17) is 4.74 Å². The molecule has 0 amide bonds. The van der Waals surface area contributed by atoms with Crippen LogP contribution in [0.15, 0.2) is 30.3 Å². The molecule has 0 saturated carbocycles. The molecule has 122 valence electrons. The van der Waals surface area contributed by atoms with Gasteiger partial charge >= 0.3 is 0 Å². The highest BCUT2D eigenvalue weighted by Gasteiger charge is 2.41. The first-order chi connectivity index (χ1) is 10.8. The molecule has 3 aliphatic rings. The predicted molar refractivity (Wildman–Crippen MR) is 90.9 cm³/mol. The van der Waals surface area contributed by atoms with Crippen LogP contribution >= 0.6 is 0 Å². The highest BCUT2D eigenvalue weighted by Crippen LogP contribution is 2.30. The number of hydrogen-bond acceptors (Lipinski definition) is 3. The molecule has 3 nitrogen and oxygen atoms in total. The largest absolute Gasteiger partial charge is 0.380 e. The molecular weight excluding hydrogens is 272 g/mol. The fourth-order valence-corrected chi connectivity index (χ4v) is 4.11. The quantitative estimate of drug-likeness (QED) is 0.803. The van der Waals surface area contributed by atoms with Crippen molar-refractivity contribution in [2.24, 2.45) is 0 Å². The number of benzene rings is 1. The summed E-state index contributed by atoms with van der Waals surface area (Å²) in [5.74, 6) is 0. The van der Waals surface area contributed by atoms with Gasteiger partial charge in [0.05, 0.1) is 6.10 Å². The monoisotopic (exact) mass is 302 g/mol. The molecule has 3 heteroatoms. The summed E-state index contributed by atoms with van der Waals surface area (Å²) in [5, 5.41) is 0. The van der Waals surface area contributed by atoms with E-state index in [9.17, 15) is 0 Å². The van der Waals surface area contributed by atoms with Gasteiger partial charge in [-0.3, -0.25) is 9.80 Å². The summed E-state index contributed by atoms with van der Waals surface area (Å²) < 4.78 is 5.84. The Morgan fingerprint density at radius 2 is 1.91 bits per heavy atom. The van der Waals surface area contributed by atoms with Crippen LogP contribution in [0.25, 0.3) is 0 Å². The van der Waals surface area contributed by atoms with Gasteiger partial charge in [-0.2, -0.15) is 0 Å². The highest BCUT2D eigenvalue weighted by molar-refractivity contribution is 5.15. The molecule has 4 rings (SSSR count). The van der Waals surface area contributed by atoms with Gasteiger partial charge in [0, 0.05) is 38.8 Å². The first-order valence-electron chi connectivity index (χ1n) is 8.86. The van der Waals surface area contributed by atoms with Gasteiger partial charge in [-0.15, -0.1) is 0 Å². The molecule has 0 N–H and O–H groups in total. The zero-order chi connectivity index (χ0) is 15.4. The van der Waals surface area contributed by atoms with Crippen LogP contribution in [0.2, 0.25) is 0 Å². The maximum absolute atomic E-state index is 5.84. The van der Waals surface area contributed by atoms with Crippen LogP contribution in [-0.2, 0) is 11.3 Å². The molecule has 22 heavy (non-hydrogen) atoms. The minimum atomic E-state index is 0.405. The Morgan fingerprint density at radius 3 is 2.64 bits per heavy atom. The first-order valence-corrected chi connectivity index (χ1v) is 8.86. The normalized spacial score (nSPS) is 29.6. The van der Waals surface area contributed by atoms with E-state index in [1.165, 1.54) is 44.3 Å². The summed E-state index contributed by atoms with van der Waals surface area (Å²) in [6.45, 7) is 6.97. The SMILES string of the molecule is CCCCN1C[C@@H]2CC[C@@H](OC)[C@H]1CN2Cc1ccccc1. The third-order valence-electron chi connectivity index (χ3n) is 5.40. The lowest BCUT2D eigenvalue weighted by Gasteiger charge is -2.45. The van der Waals surface area contributed by atoms with Crippen molar-refractivity contribution >= 4 is 0 Å². The Bertz CT molecular complexity index is 450. The van der Waals surface area contributed by atoms with Gasteiger partial charge in [0.15, 0.2) is 0 Å². The van der Waals surface area contributed by atoms with Crippen molar-refractivity contribution < 1.29 is 4.74 Å². The van der Waals surface area contributed by atoms with Gasteiger partial charge in [0.2, 0.25) is 0 Å². The van der Waals surface area contributed by atoms with Gasteiger partial charge in [0.1, 0.15) is 0 Å². The Balaban J connectivity index is 1.71. The molecule has 0 spiro atoms. The first kappa shape index (κ1) is 16.0. The van der Waals surface area contributed by atoms with E-state index in [0.717, 1.165) is 13.1 Å². The predicted octanol–water partition coefficient (Wildman–Crippen LogP) is 3.15. The van der Waals surface area contributed by atoms with Crippen LogP contribution in [0.3, 0.4) is 0 Å². The summed E-state index contributed by atoms with van der Waals surface area (Å²) in [6.07, 6.45) is 5.46. The summed E-state index contributed by atoms with van der Waals surface area (Å²) in [7, 11) is 1.89. The molecule has 3 heterocycles. The van der Waals surface area contributed by atoms with E-state index < -0.39 is 0 Å². The van der Waals surface area contributed by atoms with E-state index in [2.05, 4.69) is 47.1 Å². The van der Waals surface area contributed by atoms with Crippen molar-refractivity contribution in [3.63, 3.8) is 0 Å². The van der Waals surface area contributed by atoms with Crippen molar-refractivity contribution in [1.82, 2.24) is 9.80 Å². The van der Waals surface area contributed by atoms with E-state index in [1.807, 2.05) is 7.11 Å². The molecule has 3 fully saturated rings. The van der Waals surface area contributed by atoms with E-state index >= 15 is 0 Å². The van der Waals surface area contributed by atoms with Gasteiger partial charge in [0.25, 0.3) is 0 Å². The van der Waals surface area contributed by atoms with Gasteiger partial charge in [-0.05, 0) is 31.4 Å². The Hall–Kier alpha value is -0.900. The lowest BCUT2D eigenvalue weighted by atomic mass is 10.0. The summed E-state index contributed by atoms with van der Waals surface area (Å²) in [5.41, 5.74) is 1.43. The minimum absolute atomic E-state index is 0.405. The van der Waals surface area contributed by atoms with Crippen molar-refractivity contribution in [1.29, 1.82) is 0 Å². The number of ether oxygens (including phenoxy) is 1. The molecule has 3 aliphatic heterocycles. The van der Waals surface area contributed by atoms with Crippen molar-refractivity contribution in [2.45, 2.75) is 57.3 Å². The number of methoxy groups -OCH3 is 1. The number of piperazine rings is 1. The smallest absolute Gasteiger partial charge is 0.0739 e. The molecule has 2 bridgehead atoms. The third kappa shape index (κ3) is 3.53. The van der Waals surface area contributed by atoms with Crippen LogP contribution in [0, 0.1) is 0 Å². The zero-order valence-electron chi connectivity index (χ0n) is 14.1. The number of hydrogen-bond donors (Lipinski definition) is 0. The highest BCUT2D eigenvalue weighted by atomic mass is 16.5. The average molecular weight is 302 g/mol. The Kier molecular flexibility index (Phi) is 5.51. The van der Waals surface area contributed by atoms with Crippen LogP contribution < -0.4 is 0 Å². The maximum atomic E-state index is 5.84. The number of rotatable bonds is 6. The number of unbranched alkanes of at least 4 members (excludes halogenated alkanes) is 1. The third-order valence-corrected chi connectivity index (χ3v) is 5.40. The second-order valence-corrected chi connectivity index (χ2v) is 6.84. The maximum Gasteiger partial charge on any atom is 0.0739 e. The molecule has 3 saturated heterocycles. The molecule has 1 aromatic carbocycles. The van der Waals surface area contributed by atoms with E-state index in [1.54, 1.807) is 0 Å². The number of nitrogens with zero attached hydrogens (tertiary/aromatic N) is 2.